The monoisotopic (exact) mass is 257 g/mol. The number of aromatic nitrogens is 3. The molecule has 0 spiro atoms. The first-order chi connectivity index (χ1) is 9.20. The summed E-state index contributed by atoms with van der Waals surface area (Å²) >= 11 is 0. The molecule has 6 nitrogen and oxygen atoms in total. The predicted octanol–water partition coefficient (Wildman–Crippen LogP) is 0.335. The van der Waals surface area contributed by atoms with Crippen LogP contribution in [-0.2, 0) is 6.54 Å². The first-order valence-corrected chi connectivity index (χ1v) is 5.90. The summed E-state index contributed by atoms with van der Waals surface area (Å²) in [6.07, 6.45) is 0. The summed E-state index contributed by atoms with van der Waals surface area (Å²) in [7, 11) is 0. The van der Waals surface area contributed by atoms with Crippen LogP contribution >= 0.6 is 0 Å². The highest BCUT2D eigenvalue weighted by molar-refractivity contribution is 5.52. The van der Waals surface area contributed by atoms with Gasteiger partial charge >= 0.3 is 11.4 Å². The Kier molecular flexibility index (Phi) is 2.56. The molecule has 3 aromatic rings. The molecule has 2 aromatic heterocycles. The molecule has 0 aliphatic rings. The van der Waals surface area contributed by atoms with E-state index in [4.69, 9.17) is 4.42 Å². The summed E-state index contributed by atoms with van der Waals surface area (Å²) in [4.78, 5) is 11.7. The summed E-state index contributed by atoms with van der Waals surface area (Å²) in [6, 6.07) is 10.2. The van der Waals surface area contributed by atoms with E-state index in [0.29, 0.717) is 12.4 Å². The van der Waals surface area contributed by atoms with Gasteiger partial charge in [-0.05, 0) is 28.7 Å². The van der Waals surface area contributed by atoms with Crippen LogP contribution in [0, 0.1) is 0 Å². The van der Waals surface area contributed by atoms with Gasteiger partial charge in [0.2, 0.25) is 0 Å². The lowest BCUT2D eigenvalue weighted by atomic mass is 10.2. The van der Waals surface area contributed by atoms with Gasteiger partial charge in [-0.3, -0.25) is 0 Å². The smallest absolute Gasteiger partial charge is 0.492 e. The van der Waals surface area contributed by atoms with Crippen LogP contribution in [0.25, 0.3) is 17.3 Å². The Balaban J connectivity index is 2.32. The molecule has 0 atom stereocenters. The summed E-state index contributed by atoms with van der Waals surface area (Å²) in [5.41, 5.74) is 0.260. The number of benzene rings is 1. The Morgan fingerprint density at radius 3 is 2.79 bits per heavy atom. The molecule has 19 heavy (non-hydrogen) atoms. The lowest BCUT2D eigenvalue weighted by Gasteiger charge is -2.05. The van der Waals surface area contributed by atoms with E-state index in [1.807, 2.05) is 30.3 Å². The minimum absolute atomic E-state index is 0.152. The van der Waals surface area contributed by atoms with Crippen molar-refractivity contribution in [3.63, 3.8) is 0 Å². The SMILES string of the molecule is CC[n+]1c([O-])cc(=O)n2nc(-c3ccccc3)oc21. The van der Waals surface area contributed by atoms with Gasteiger partial charge in [-0.2, -0.15) is 0 Å². The Labute approximate surface area is 108 Å². The summed E-state index contributed by atoms with van der Waals surface area (Å²) in [5, 5.41) is 15.8. The molecule has 0 unspecified atom stereocenters. The molecule has 0 amide bonds. The van der Waals surface area contributed by atoms with Crippen LogP contribution in [0.15, 0.2) is 45.6 Å². The van der Waals surface area contributed by atoms with Crippen LogP contribution in [0.1, 0.15) is 6.92 Å². The van der Waals surface area contributed by atoms with Crippen LogP contribution in [0.3, 0.4) is 0 Å². The molecule has 3 rings (SSSR count). The number of rotatable bonds is 2. The molecule has 0 radical (unpaired) electrons. The maximum absolute atomic E-state index is 11.7. The topological polar surface area (TPSA) is 74.5 Å². The third kappa shape index (κ3) is 1.77. The van der Waals surface area contributed by atoms with Crippen LogP contribution in [0.5, 0.6) is 5.88 Å². The molecule has 0 aliphatic heterocycles. The summed E-state index contributed by atoms with van der Waals surface area (Å²) < 4.78 is 8.02. The van der Waals surface area contributed by atoms with E-state index < -0.39 is 5.56 Å². The highest BCUT2D eigenvalue weighted by atomic mass is 16.4. The highest BCUT2D eigenvalue weighted by Gasteiger charge is 2.20. The molecule has 2 heterocycles. The Morgan fingerprint density at radius 2 is 2.11 bits per heavy atom. The van der Waals surface area contributed by atoms with Gasteiger partial charge in [-0.1, -0.05) is 18.2 Å². The lowest BCUT2D eigenvalue weighted by molar-refractivity contribution is -0.718. The first-order valence-electron chi connectivity index (χ1n) is 5.90. The molecule has 1 aromatic carbocycles. The zero-order chi connectivity index (χ0) is 13.4. The second-order valence-electron chi connectivity index (χ2n) is 4.03. The van der Waals surface area contributed by atoms with Crippen molar-refractivity contribution in [2.75, 3.05) is 0 Å². The van der Waals surface area contributed by atoms with Crippen molar-refractivity contribution in [3.8, 4) is 17.3 Å². The van der Waals surface area contributed by atoms with E-state index in [1.165, 1.54) is 4.57 Å². The fourth-order valence-electron chi connectivity index (χ4n) is 1.92. The molecule has 0 saturated heterocycles. The molecular formula is C13H11N3O3. The average Bonchev–Trinajstić information content (AvgIpc) is 2.85. The van der Waals surface area contributed by atoms with Crippen LogP contribution in [0.4, 0.5) is 0 Å². The second-order valence-corrected chi connectivity index (χ2v) is 4.03. The number of hydrogen-bond donors (Lipinski definition) is 0. The van der Waals surface area contributed by atoms with E-state index in [9.17, 15) is 9.90 Å². The first kappa shape index (κ1) is 11.5. The maximum atomic E-state index is 11.7. The summed E-state index contributed by atoms with van der Waals surface area (Å²) in [6.45, 7) is 2.21. The molecule has 0 fully saturated rings. The van der Waals surface area contributed by atoms with Gasteiger partial charge in [-0.15, -0.1) is 0 Å². The minimum Gasteiger partial charge on any atom is -0.842 e. The number of hydrogen-bond acceptors (Lipinski definition) is 4. The van der Waals surface area contributed by atoms with Gasteiger partial charge < -0.3 is 9.52 Å². The van der Waals surface area contributed by atoms with Crippen LogP contribution < -0.4 is 15.2 Å². The zero-order valence-electron chi connectivity index (χ0n) is 10.2. The zero-order valence-corrected chi connectivity index (χ0v) is 10.2. The Bertz CT molecular complexity index is 790. The van der Waals surface area contributed by atoms with E-state index in [1.54, 1.807) is 6.92 Å². The van der Waals surface area contributed by atoms with Gasteiger partial charge in [0.05, 0.1) is 18.5 Å². The minimum atomic E-state index is -0.490. The van der Waals surface area contributed by atoms with Gasteiger partial charge in [0.25, 0.3) is 5.89 Å². The molecule has 0 N–H and O–H groups in total. The average molecular weight is 257 g/mol. The van der Waals surface area contributed by atoms with Crippen molar-refractivity contribution in [1.82, 2.24) is 9.61 Å². The Hall–Kier alpha value is -2.63. The van der Waals surface area contributed by atoms with Gasteiger partial charge in [0.15, 0.2) is 0 Å². The summed E-state index contributed by atoms with van der Waals surface area (Å²) in [5.74, 6) is 0.0765. The molecule has 0 saturated carbocycles. The molecule has 0 bridgehead atoms. The second kappa shape index (κ2) is 4.24. The highest BCUT2D eigenvalue weighted by Crippen LogP contribution is 2.17. The van der Waals surface area contributed by atoms with Gasteiger partial charge in [-0.25, -0.2) is 9.36 Å². The number of aryl methyl sites for hydroxylation is 1. The van der Waals surface area contributed by atoms with E-state index >= 15 is 0 Å². The van der Waals surface area contributed by atoms with Crippen molar-refractivity contribution in [1.29, 1.82) is 0 Å². The number of nitrogens with zero attached hydrogens (tertiary/aromatic N) is 3. The van der Waals surface area contributed by atoms with E-state index in [-0.39, 0.29) is 11.7 Å². The standard InChI is InChI=1S/C13H11N3O3/c1-2-15-10(17)8-11(18)16-13(15)19-12(14-16)9-6-4-3-5-7-9/h3-8H,2H2,1H3. The molecule has 6 heteroatoms. The van der Waals surface area contributed by atoms with Gasteiger partial charge in [0.1, 0.15) is 0 Å². The molecule has 0 aliphatic carbocycles. The quantitative estimate of drug-likeness (QED) is 0.620. The van der Waals surface area contributed by atoms with Crippen molar-refractivity contribution < 1.29 is 14.1 Å². The molecule has 96 valence electrons. The fourth-order valence-corrected chi connectivity index (χ4v) is 1.92. The molecular weight excluding hydrogens is 246 g/mol. The Morgan fingerprint density at radius 1 is 1.37 bits per heavy atom. The van der Waals surface area contributed by atoms with Crippen molar-refractivity contribution in [2.24, 2.45) is 0 Å². The maximum Gasteiger partial charge on any atom is 0.492 e. The number of fused-ring (bicyclic) bond motifs is 1. The third-order valence-electron chi connectivity index (χ3n) is 2.85. The lowest BCUT2D eigenvalue weighted by Crippen LogP contribution is -2.41. The van der Waals surface area contributed by atoms with E-state index in [2.05, 4.69) is 5.10 Å². The van der Waals surface area contributed by atoms with Crippen molar-refractivity contribution in [3.05, 3.63) is 46.8 Å². The van der Waals surface area contributed by atoms with Crippen LogP contribution in [-0.4, -0.2) is 9.61 Å². The van der Waals surface area contributed by atoms with Crippen molar-refractivity contribution in [2.45, 2.75) is 13.5 Å². The van der Waals surface area contributed by atoms with Crippen molar-refractivity contribution >= 4 is 5.84 Å². The van der Waals surface area contributed by atoms with E-state index in [0.717, 1.165) is 16.1 Å². The fraction of sp³-hybridized carbons (Fsp3) is 0.154. The van der Waals surface area contributed by atoms with Crippen LogP contribution in [0.2, 0.25) is 0 Å². The largest absolute Gasteiger partial charge is 0.842 e. The normalized spacial score (nSPS) is 11.0. The van der Waals surface area contributed by atoms with Gasteiger partial charge in [0, 0.05) is 5.56 Å². The third-order valence-corrected chi connectivity index (χ3v) is 2.85. The predicted molar refractivity (Wildman–Crippen MR) is 64.5 cm³/mol.